The summed E-state index contributed by atoms with van der Waals surface area (Å²) in [5.41, 5.74) is 1.84. The largest absolute Gasteiger partial charge is 0.454 e. The van der Waals surface area contributed by atoms with Gasteiger partial charge in [0.25, 0.3) is 5.91 Å². The molecular weight excluding hydrogens is 456 g/mol. The summed E-state index contributed by atoms with van der Waals surface area (Å²) in [6.45, 7) is -0.0316. The lowest BCUT2D eigenvalue weighted by Gasteiger charge is -2.16. The molecule has 0 spiro atoms. The second-order valence-corrected chi connectivity index (χ2v) is 8.12. The Balaban J connectivity index is 1.35. The fraction of sp³-hybridized carbons (Fsp3) is 0.154. The molecule has 3 aromatic rings. The van der Waals surface area contributed by atoms with Crippen LogP contribution in [0.25, 0.3) is 0 Å². The molecule has 2 amide bonds. The van der Waals surface area contributed by atoms with Crippen LogP contribution in [0.15, 0.2) is 78.9 Å². The highest BCUT2D eigenvalue weighted by atomic mass is 35.5. The van der Waals surface area contributed by atoms with Crippen molar-refractivity contribution in [3.8, 4) is 0 Å². The smallest absolute Gasteiger partial charge is 0.338 e. The number of carbonyl (C=O) groups is 4. The number of rotatable bonds is 8. The van der Waals surface area contributed by atoms with Gasteiger partial charge in [-0.25, -0.2) is 9.69 Å². The molecule has 1 aliphatic heterocycles. The van der Waals surface area contributed by atoms with Crippen molar-refractivity contribution in [3.63, 3.8) is 0 Å². The lowest BCUT2D eigenvalue weighted by molar-refractivity contribution is -0.121. The maximum Gasteiger partial charge on any atom is 0.338 e. The Labute approximate surface area is 201 Å². The number of benzene rings is 3. The third-order valence-electron chi connectivity index (χ3n) is 5.43. The van der Waals surface area contributed by atoms with Crippen molar-refractivity contribution in [3.05, 3.63) is 101 Å². The third-order valence-corrected chi connectivity index (χ3v) is 5.80. The van der Waals surface area contributed by atoms with Crippen LogP contribution >= 0.6 is 11.6 Å². The maximum atomic E-state index is 12.8. The van der Waals surface area contributed by atoms with Gasteiger partial charge in [0.2, 0.25) is 5.91 Å². The highest BCUT2D eigenvalue weighted by Crippen LogP contribution is 2.24. The van der Waals surface area contributed by atoms with Crippen LogP contribution in [0.5, 0.6) is 0 Å². The van der Waals surface area contributed by atoms with Crippen LogP contribution in [0.3, 0.4) is 0 Å². The number of amides is 2. The molecule has 8 heteroatoms. The molecule has 1 aliphatic rings. The number of imide groups is 1. The van der Waals surface area contributed by atoms with E-state index in [0.717, 1.165) is 10.5 Å². The molecule has 0 radical (unpaired) electrons. The minimum Gasteiger partial charge on any atom is -0.454 e. The van der Waals surface area contributed by atoms with E-state index in [2.05, 4.69) is 5.32 Å². The number of hydrogen-bond acceptors (Lipinski definition) is 6. The predicted octanol–water partition coefficient (Wildman–Crippen LogP) is 3.80. The van der Waals surface area contributed by atoms with E-state index in [0.29, 0.717) is 22.8 Å². The number of nitrogens with zero attached hydrogens (tertiary/aromatic N) is 1. The molecule has 0 aliphatic carbocycles. The molecule has 1 N–H and O–H groups in total. The van der Waals surface area contributed by atoms with Crippen molar-refractivity contribution in [1.29, 1.82) is 0 Å². The number of carbonyl (C=O) groups excluding carboxylic acids is 4. The van der Waals surface area contributed by atoms with Crippen LogP contribution in [-0.4, -0.2) is 36.2 Å². The summed E-state index contributed by atoms with van der Waals surface area (Å²) in [6, 6.07) is 21.0. The normalized spacial score (nSPS) is 15.4. The summed E-state index contributed by atoms with van der Waals surface area (Å²) in [7, 11) is 0. The van der Waals surface area contributed by atoms with Crippen molar-refractivity contribution in [2.24, 2.45) is 0 Å². The Morgan fingerprint density at radius 2 is 1.59 bits per heavy atom. The summed E-state index contributed by atoms with van der Waals surface area (Å²) in [5.74, 6) is -1.70. The number of nitrogens with one attached hydrogen (secondary N) is 1. The van der Waals surface area contributed by atoms with Gasteiger partial charge in [-0.2, -0.15) is 0 Å². The van der Waals surface area contributed by atoms with Gasteiger partial charge < -0.3 is 10.1 Å². The first-order chi connectivity index (χ1) is 16.4. The Morgan fingerprint density at radius 1 is 0.912 bits per heavy atom. The fourth-order valence-corrected chi connectivity index (χ4v) is 3.81. The average Bonchev–Trinajstić information content (AvgIpc) is 3.15. The van der Waals surface area contributed by atoms with Crippen molar-refractivity contribution in [2.75, 3.05) is 11.5 Å². The van der Waals surface area contributed by atoms with Gasteiger partial charge in [-0.3, -0.25) is 14.4 Å². The second kappa shape index (κ2) is 10.4. The van der Waals surface area contributed by atoms with Crippen LogP contribution in [-0.2, 0) is 20.9 Å². The molecule has 1 unspecified atom stereocenters. The van der Waals surface area contributed by atoms with Crippen LogP contribution in [0.4, 0.5) is 5.69 Å². The van der Waals surface area contributed by atoms with E-state index < -0.39 is 12.0 Å². The molecule has 1 atom stereocenters. The van der Waals surface area contributed by atoms with E-state index in [1.54, 1.807) is 36.4 Å². The van der Waals surface area contributed by atoms with E-state index in [1.807, 2.05) is 18.2 Å². The first kappa shape index (κ1) is 23.4. The van der Waals surface area contributed by atoms with Crippen molar-refractivity contribution < 1.29 is 23.9 Å². The fourth-order valence-electron chi connectivity index (χ4n) is 3.61. The summed E-state index contributed by atoms with van der Waals surface area (Å²) < 4.78 is 5.10. The highest BCUT2D eigenvalue weighted by Gasteiger charge is 2.39. The molecule has 1 heterocycles. The van der Waals surface area contributed by atoms with Crippen LogP contribution < -0.4 is 10.2 Å². The topological polar surface area (TPSA) is 92.8 Å². The van der Waals surface area contributed by atoms with Crippen molar-refractivity contribution in [1.82, 2.24) is 5.32 Å². The monoisotopic (exact) mass is 476 g/mol. The zero-order chi connectivity index (χ0) is 24.1. The first-order valence-electron chi connectivity index (χ1n) is 10.6. The molecule has 1 fully saturated rings. The molecule has 4 rings (SSSR count). The van der Waals surface area contributed by atoms with Crippen LogP contribution in [0, 0.1) is 0 Å². The molecule has 0 bridgehead atoms. The number of halogens is 1. The van der Waals surface area contributed by atoms with Crippen molar-refractivity contribution >= 4 is 40.9 Å². The number of ether oxygens (including phenoxy) is 1. The zero-order valence-corrected chi connectivity index (χ0v) is 18.8. The van der Waals surface area contributed by atoms with Gasteiger partial charge >= 0.3 is 5.97 Å². The molecule has 3 aromatic carbocycles. The van der Waals surface area contributed by atoms with E-state index in [9.17, 15) is 19.2 Å². The Kier molecular flexibility index (Phi) is 7.15. The lowest BCUT2D eigenvalue weighted by Crippen LogP contribution is -2.38. The second-order valence-electron chi connectivity index (χ2n) is 7.71. The molecule has 0 aromatic heterocycles. The molecule has 1 saturated heterocycles. The lowest BCUT2D eigenvalue weighted by atomic mass is 10.1. The number of esters is 1. The number of anilines is 1. The molecule has 34 heavy (non-hydrogen) atoms. The Morgan fingerprint density at radius 3 is 2.29 bits per heavy atom. The Bertz CT molecular complexity index is 1230. The molecular formula is C26H21ClN2O5. The van der Waals surface area contributed by atoms with Crippen LogP contribution in [0.1, 0.15) is 32.7 Å². The highest BCUT2D eigenvalue weighted by molar-refractivity contribution is 6.31. The summed E-state index contributed by atoms with van der Waals surface area (Å²) >= 11 is 6.15. The van der Waals surface area contributed by atoms with Gasteiger partial charge in [0.05, 0.1) is 23.7 Å². The number of Topliss-reactive ketones (excluding diaryl/α,β-unsaturated/α-hetero) is 1. The van der Waals surface area contributed by atoms with Gasteiger partial charge in [-0.05, 0) is 35.9 Å². The van der Waals surface area contributed by atoms with E-state index in [1.165, 1.54) is 24.3 Å². The molecule has 0 saturated carbocycles. The molecule has 7 nitrogen and oxygen atoms in total. The van der Waals surface area contributed by atoms with Gasteiger partial charge in [0.15, 0.2) is 12.4 Å². The van der Waals surface area contributed by atoms with Gasteiger partial charge in [-0.1, -0.05) is 60.1 Å². The van der Waals surface area contributed by atoms with E-state index in [-0.39, 0.29) is 36.2 Å². The van der Waals surface area contributed by atoms with E-state index in [4.69, 9.17) is 16.3 Å². The van der Waals surface area contributed by atoms with Crippen molar-refractivity contribution in [2.45, 2.75) is 19.0 Å². The zero-order valence-electron chi connectivity index (χ0n) is 18.1. The van der Waals surface area contributed by atoms with Gasteiger partial charge in [0, 0.05) is 17.1 Å². The average molecular weight is 477 g/mol. The Hall–Kier alpha value is -3.81. The van der Waals surface area contributed by atoms with Gasteiger partial charge in [0.1, 0.15) is 0 Å². The number of ketones is 1. The number of hydrogen-bond donors (Lipinski definition) is 1. The van der Waals surface area contributed by atoms with Gasteiger partial charge in [-0.15, -0.1) is 0 Å². The minimum absolute atomic E-state index is 0.0225. The SMILES string of the molecule is O=C(COC(=O)c1ccc(N2C(=O)CC(NCc3ccccc3Cl)C2=O)cc1)c1ccccc1. The quantitative estimate of drug-likeness (QED) is 0.302. The third kappa shape index (κ3) is 5.22. The first-order valence-corrected chi connectivity index (χ1v) is 11.0. The van der Waals surface area contributed by atoms with Crippen LogP contribution in [0.2, 0.25) is 5.02 Å². The standard InChI is InChI=1S/C26H21ClN2O5/c27-21-9-5-4-8-19(21)15-28-22-14-24(31)29(25(22)32)20-12-10-18(11-13-20)26(33)34-16-23(30)17-6-2-1-3-7-17/h1-13,22,28H,14-16H2. The minimum atomic E-state index is -0.672. The summed E-state index contributed by atoms with van der Waals surface area (Å²) in [4.78, 5) is 50.8. The predicted molar refractivity (Wildman–Crippen MR) is 127 cm³/mol. The van der Waals surface area contributed by atoms with E-state index >= 15 is 0 Å². The maximum absolute atomic E-state index is 12.8. The summed E-state index contributed by atoms with van der Waals surface area (Å²) in [6.07, 6.45) is 0.0225. The summed E-state index contributed by atoms with van der Waals surface area (Å²) in [5, 5.41) is 3.67. The molecule has 172 valence electrons.